The van der Waals surface area contributed by atoms with Gasteiger partial charge in [-0.15, -0.1) is 0 Å². The predicted octanol–water partition coefficient (Wildman–Crippen LogP) is 6.24. The molecule has 0 unspecified atom stereocenters. The number of likely N-dealkylation sites (tertiary alicyclic amines) is 2. The molecule has 2 aromatic carbocycles. The van der Waals surface area contributed by atoms with Gasteiger partial charge in [-0.05, 0) is 61.8 Å². The first-order chi connectivity index (χ1) is 24.9. The molecule has 14 heteroatoms. The molecule has 0 spiro atoms. The first kappa shape index (κ1) is 36.1. The molecule has 4 N–H and O–H groups in total. The predicted molar refractivity (Wildman–Crippen MR) is 194 cm³/mol. The lowest BCUT2D eigenvalue weighted by molar-refractivity contribution is -0.134. The van der Waals surface area contributed by atoms with Gasteiger partial charge in [0.25, 0.3) is 0 Å². The molecule has 0 saturated carbocycles. The van der Waals surface area contributed by atoms with E-state index in [1.54, 1.807) is 26.2 Å². The second-order valence-corrected chi connectivity index (χ2v) is 13.9. The van der Waals surface area contributed by atoms with Crippen LogP contribution in [0.4, 0.5) is 9.59 Å². The molecule has 0 bridgehead atoms. The van der Waals surface area contributed by atoms with Gasteiger partial charge in [0.1, 0.15) is 11.6 Å². The number of carbonyl (C=O) groups is 4. The largest absolute Gasteiger partial charge is 0.465 e. The van der Waals surface area contributed by atoms with E-state index in [9.17, 15) is 29.4 Å². The molecule has 2 aromatic heterocycles. The molecular formula is C38H46N8O6. The summed E-state index contributed by atoms with van der Waals surface area (Å²) in [6, 6.07) is 15.2. The van der Waals surface area contributed by atoms with E-state index in [2.05, 4.69) is 44.2 Å². The van der Waals surface area contributed by atoms with Gasteiger partial charge in [-0.2, -0.15) is 0 Å². The Balaban J connectivity index is 1.08. The lowest BCUT2D eigenvalue weighted by Crippen LogP contribution is -2.39. The van der Waals surface area contributed by atoms with Crippen LogP contribution in [0.25, 0.3) is 33.6 Å². The molecule has 4 heterocycles. The van der Waals surface area contributed by atoms with Crippen LogP contribution in [0.15, 0.2) is 60.9 Å². The summed E-state index contributed by atoms with van der Waals surface area (Å²) in [6.45, 7) is 4.71. The van der Waals surface area contributed by atoms with Crippen LogP contribution in [0, 0.1) is 0 Å². The SMILES string of the molecule is C[C@@H](CC(=O)N1CCC[C@H]1c1ncc(-c2ccc(-c3ccc(-c4cnc([C@@H]5CCCN5C(=O)C[C@H](C)N(C)C(=O)O)[nH]4)cc3)cc2)[nH]1)N(C)C(=O)O. The molecular weight excluding hydrogens is 664 g/mol. The van der Waals surface area contributed by atoms with Gasteiger partial charge in [0.2, 0.25) is 11.8 Å². The van der Waals surface area contributed by atoms with Gasteiger partial charge in [-0.25, -0.2) is 19.6 Å². The Morgan fingerprint density at radius 2 is 1.02 bits per heavy atom. The lowest BCUT2D eigenvalue weighted by Gasteiger charge is -2.27. The molecule has 0 radical (unpaired) electrons. The average molecular weight is 711 g/mol. The summed E-state index contributed by atoms with van der Waals surface area (Å²) in [6.07, 6.45) is 5.02. The highest BCUT2D eigenvalue weighted by Gasteiger charge is 2.34. The number of imidazole rings is 2. The van der Waals surface area contributed by atoms with Crippen molar-refractivity contribution in [1.82, 2.24) is 39.5 Å². The van der Waals surface area contributed by atoms with Crippen molar-refractivity contribution in [1.29, 1.82) is 0 Å². The van der Waals surface area contributed by atoms with E-state index in [1.807, 2.05) is 34.1 Å². The molecule has 14 nitrogen and oxygen atoms in total. The maximum atomic E-state index is 13.1. The summed E-state index contributed by atoms with van der Waals surface area (Å²) in [5.41, 5.74) is 5.76. The number of carboxylic acid groups (broad SMARTS) is 2. The Bertz CT molecular complexity index is 1770. The molecule has 2 fully saturated rings. The Hall–Kier alpha value is -5.66. The number of benzene rings is 2. The Labute approximate surface area is 302 Å². The first-order valence-corrected chi connectivity index (χ1v) is 17.7. The van der Waals surface area contributed by atoms with Crippen molar-refractivity contribution in [3.05, 3.63) is 72.6 Å². The third-order valence-corrected chi connectivity index (χ3v) is 10.6. The van der Waals surface area contributed by atoms with Gasteiger partial charge in [-0.3, -0.25) is 9.59 Å². The van der Waals surface area contributed by atoms with E-state index in [0.29, 0.717) is 13.1 Å². The number of H-pyrrole nitrogens is 2. The molecule has 2 aliphatic rings. The second kappa shape index (κ2) is 15.3. The summed E-state index contributed by atoms with van der Waals surface area (Å²) < 4.78 is 0. The molecule has 4 atom stereocenters. The normalized spacial score (nSPS) is 18.3. The van der Waals surface area contributed by atoms with E-state index < -0.39 is 24.3 Å². The number of aromatic nitrogens is 4. The van der Waals surface area contributed by atoms with Crippen LogP contribution in [0.5, 0.6) is 0 Å². The molecule has 274 valence electrons. The smallest absolute Gasteiger partial charge is 0.407 e. The maximum Gasteiger partial charge on any atom is 0.407 e. The van der Waals surface area contributed by atoms with Crippen molar-refractivity contribution in [2.45, 2.75) is 76.5 Å². The van der Waals surface area contributed by atoms with Gasteiger partial charge in [-0.1, -0.05) is 48.5 Å². The second-order valence-electron chi connectivity index (χ2n) is 13.9. The van der Waals surface area contributed by atoms with Crippen molar-refractivity contribution < 1.29 is 29.4 Å². The number of hydrogen-bond acceptors (Lipinski definition) is 6. The van der Waals surface area contributed by atoms with E-state index in [1.165, 1.54) is 14.1 Å². The van der Waals surface area contributed by atoms with Crippen molar-refractivity contribution in [3.8, 4) is 33.6 Å². The fourth-order valence-electron chi connectivity index (χ4n) is 7.08. The van der Waals surface area contributed by atoms with Crippen LogP contribution in [0.2, 0.25) is 0 Å². The Morgan fingerprint density at radius 3 is 1.37 bits per heavy atom. The van der Waals surface area contributed by atoms with Crippen molar-refractivity contribution in [2.75, 3.05) is 27.2 Å². The molecule has 2 aliphatic heterocycles. The number of rotatable bonds is 11. The van der Waals surface area contributed by atoms with Crippen LogP contribution in [0.1, 0.15) is 76.1 Å². The molecule has 52 heavy (non-hydrogen) atoms. The third kappa shape index (κ3) is 7.65. The average Bonchev–Trinajstić information content (AvgIpc) is 3.97. The Morgan fingerprint density at radius 1 is 0.673 bits per heavy atom. The van der Waals surface area contributed by atoms with Gasteiger partial charge in [0.05, 0.1) is 35.9 Å². The summed E-state index contributed by atoms with van der Waals surface area (Å²) in [7, 11) is 2.95. The highest BCUT2D eigenvalue weighted by molar-refractivity contribution is 5.79. The molecule has 4 aromatic rings. The molecule has 6 rings (SSSR count). The standard InChI is InChI=1S/C38H46N8O6/c1-23(43(3)37(49)50)19-33(47)45-17-5-7-31(45)35-39-21-29(41-35)27-13-9-25(10-14-27)26-11-15-28(16-12-26)30-22-40-36(42-30)32-8-6-18-46(32)34(48)20-24(2)44(4)38(51)52/h9-16,21-24,31-32H,5-8,17-20H2,1-4H3,(H,39,41)(H,40,42)(H,49,50)(H,51,52)/t23-,24-,31-,32-/m0/s1. The molecule has 2 saturated heterocycles. The third-order valence-electron chi connectivity index (χ3n) is 10.6. The minimum absolute atomic E-state index is 0.0777. The number of nitrogens with zero attached hydrogens (tertiary/aromatic N) is 6. The van der Waals surface area contributed by atoms with Crippen LogP contribution in [0.3, 0.4) is 0 Å². The topological polar surface area (TPSA) is 179 Å². The van der Waals surface area contributed by atoms with Crippen molar-refractivity contribution in [2.24, 2.45) is 0 Å². The number of hydrogen-bond donors (Lipinski definition) is 4. The summed E-state index contributed by atoms with van der Waals surface area (Å²) in [4.78, 5) is 70.8. The molecule has 0 aliphatic carbocycles. The summed E-state index contributed by atoms with van der Waals surface area (Å²) in [5.74, 6) is 1.30. The van der Waals surface area contributed by atoms with Crippen LogP contribution in [-0.2, 0) is 9.59 Å². The highest BCUT2D eigenvalue weighted by Crippen LogP contribution is 2.35. The number of nitrogens with one attached hydrogen (secondary N) is 2. The van der Waals surface area contributed by atoms with E-state index in [0.717, 1.165) is 80.8 Å². The van der Waals surface area contributed by atoms with Crippen molar-refractivity contribution >= 4 is 24.0 Å². The van der Waals surface area contributed by atoms with Gasteiger partial charge in [0, 0.05) is 52.1 Å². The maximum absolute atomic E-state index is 13.1. The molecule has 4 amide bonds. The van der Waals surface area contributed by atoms with Crippen LogP contribution in [-0.4, -0.2) is 113 Å². The van der Waals surface area contributed by atoms with E-state index >= 15 is 0 Å². The fourth-order valence-corrected chi connectivity index (χ4v) is 7.08. The monoisotopic (exact) mass is 710 g/mol. The zero-order valence-corrected chi connectivity index (χ0v) is 30.0. The van der Waals surface area contributed by atoms with E-state index in [-0.39, 0.29) is 36.7 Å². The fraction of sp³-hybridized carbons (Fsp3) is 0.421. The number of aromatic amines is 2. The minimum Gasteiger partial charge on any atom is -0.465 e. The van der Waals surface area contributed by atoms with Crippen molar-refractivity contribution in [3.63, 3.8) is 0 Å². The summed E-state index contributed by atoms with van der Waals surface area (Å²) >= 11 is 0. The minimum atomic E-state index is -1.05. The summed E-state index contributed by atoms with van der Waals surface area (Å²) in [5, 5.41) is 18.5. The Kier molecular flexibility index (Phi) is 10.6. The van der Waals surface area contributed by atoms with Gasteiger partial charge >= 0.3 is 12.2 Å². The first-order valence-electron chi connectivity index (χ1n) is 17.7. The van der Waals surface area contributed by atoms with Gasteiger partial charge in [0.15, 0.2) is 0 Å². The van der Waals surface area contributed by atoms with Crippen LogP contribution < -0.4 is 0 Å². The lowest BCUT2D eigenvalue weighted by atomic mass is 10.0. The quantitative estimate of drug-likeness (QED) is 0.141. The van der Waals surface area contributed by atoms with E-state index in [4.69, 9.17) is 0 Å². The highest BCUT2D eigenvalue weighted by atomic mass is 16.4. The zero-order valence-electron chi connectivity index (χ0n) is 30.0. The van der Waals surface area contributed by atoms with Gasteiger partial charge < -0.3 is 39.8 Å². The number of amides is 4. The zero-order chi connectivity index (χ0) is 37.1. The van der Waals surface area contributed by atoms with Crippen LogP contribution >= 0.6 is 0 Å². The number of carbonyl (C=O) groups excluding carboxylic acids is 2.